The number of benzene rings is 1. The van der Waals surface area contributed by atoms with E-state index in [1.54, 1.807) is 13.0 Å². The summed E-state index contributed by atoms with van der Waals surface area (Å²) < 4.78 is 5.59. The van der Waals surface area contributed by atoms with Crippen LogP contribution in [0.25, 0.3) is 0 Å². The maximum Gasteiger partial charge on any atom is 0.268 e. The second-order valence-electron chi connectivity index (χ2n) is 6.50. The summed E-state index contributed by atoms with van der Waals surface area (Å²) in [4.78, 5) is 26.1. The minimum absolute atomic E-state index is 0.0342. The number of nitrogens with zero attached hydrogens (tertiary/aromatic N) is 1. The van der Waals surface area contributed by atoms with Crippen LogP contribution < -0.4 is 20.3 Å². The van der Waals surface area contributed by atoms with Gasteiger partial charge in [-0.3, -0.25) is 14.5 Å². The van der Waals surface area contributed by atoms with E-state index in [0.29, 0.717) is 23.9 Å². The molecule has 1 aromatic rings. The number of para-hydroxylation sites is 2. The largest absolute Gasteiger partial charge is 0.479 e. The predicted octanol–water partition coefficient (Wildman–Crippen LogP) is 1.31. The molecule has 3 rings (SSSR count). The number of nitrogens with one attached hydrogen (secondary N) is 2. The van der Waals surface area contributed by atoms with Crippen molar-refractivity contribution in [2.45, 2.75) is 32.3 Å². The number of hydrogen-bond donors (Lipinski definition) is 2. The molecule has 1 saturated heterocycles. The smallest absolute Gasteiger partial charge is 0.268 e. The molecule has 1 fully saturated rings. The van der Waals surface area contributed by atoms with Gasteiger partial charge in [0.2, 0.25) is 5.91 Å². The summed E-state index contributed by atoms with van der Waals surface area (Å²) in [6, 6.07) is 7.32. The third kappa shape index (κ3) is 3.87. The lowest BCUT2D eigenvalue weighted by molar-refractivity contribution is -0.128. The normalized spacial score (nSPS) is 23.4. The summed E-state index contributed by atoms with van der Waals surface area (Å²) in [6.07, 6.45) is 2.83. The molecule has 0 spiro atoms. The monoisotopic (exact) mass is 331 g/mol. The van der Waals surface area contributed by atoms with Gasteiger partial charge in [0.25, 0.3) is 5.91 Å². The van der Waals surface area contributed by atoms with Gasteiger partial charge in [-0.1, -0.05) is 12.1 Å². The van der Waals surface area contributed by atoms with E-state index in [1.807, 2.05) is 18.2 Å². The van der Waals surface area contributed by atoms with Gasteiger partial charge in [-0.05, 0) is 57.3 Å². The average Bonchev–Trinajstić information content (AvgIpc) is 2.60. The molecule has 0 radical (unpaired) electrons. The molecule has 6 nitrogen and oxygen atoms in total. The molecule has 0 aliphatic carbocycles. The Hall–Kier alpha value is -2.08. The Morgan fingerprint density at radius 2 is 2.25 bits per heavy atom. The van der Waals surface area contributed by atoms with Crippen molar-refractivity contribution in [2.75, 3.05) is 31.1 Å². The maximum atomic E-state index is 12.4. The van der Waals surface area contributed by atoms with Gasteiger partial charge in [-0.2, -0.15) is 0 Å². The lowest BCUT2D eigenvalue weighted by atomic mass is 9.96. The maximum absolute atomic E-state index is 12.4. The Bertz CT molecular complexity index is 599. The second-order valence-corrected chi connectivity index (χ2v) is 6.50. The first-order chi connectivity index (χ1) is 11.6. The molecule has 2 N–H and O–H groups in total. The Morgan fingerprint density at radius 3 is 3.04 bits per heavy atom. The van der Waals surface area contributed by atoms with E-state index in [0.717, 1.165) is 19.5 Å². The number of carbonyl (C=O) groups excluding carboxylic acids is 2. The highest BCUT2D eigenvalue weighted by atomic mass is 16.5. The molecule has 24 heavy (non-hydrogen) atoms. The van der Waals surface area contributed by atoms with Crippen molar-refractivity contribution in [1.82, 2.24) is 10.6 Å². The van der Waals surface area contributed by atoms with Gasteiger partial charge in [0.05, 0.1) is 5.69 Å². The molecule has 130 valence electrons. The van der Waals surface area contributed by atoms with E-state index in [2.05, 4.69) is 10.6 Å². The van der Waals surface area contributed by atoms with Crippen LogP contribution >= 0.6 is 0 Å². The van der Waals surface area contributed by atoms with Crippen LogP contribution in [0, 0.1) is 5.92 Å². The lowest BCUT2D eigenvalue weighted by Crippen LogP contribution is -2.49. The SMILES string of the molecule is CC1Oc2ccccc2N(CC(=O)NCCC2CCCNC2)C1=O. The molecule has 2 aliphatic rings. The highest BCUT2D eigenvalue weighted by molar-refractivity contribution is 6.03. The lowest BCUT2D eigenvalue weighted by Gasteiger charge is -2.32. The quantitative estimate of drug-likeness (QED) is 0.853. The number of fused-ring (bicyclic) bond motifs is 1. The highest BCUT2D eigenvalue weighted by Crippen LogP contribution is 2.33. The first kappa shape index (κ1) is 16.8. The second kappa shape index (κ2) is 7.66. The molecule has 0 aromatic heterocycles. The van der Waals surface area contributed by atoms with Crippen LogP contribution in [0.15, 0.2) is 24.3 Å². The highest BCUT2D eigenvalue weighted by Gasteiger charge is 2.32. The first-order valence-corrected chi connectivity index (χ1v) is 8.69. The minimum atomic E-state index is -0.569. The van der Waals surface area contributed by atoms with Crippen molar-refractivity contribution < 1.29 is 14.3 Å². The fourth-order valence-electron chi connectivity index (χ4n) is 3.31. The number of hydrogen-bond acceptors (Lipinski definition) is 4. The summed E-state index contributed by atoms with van der Waals surface area (Å²) in [7, 11) is 0. The zero-order chi connectivity index (χ0) is 16.9. The Morgan fingerprint density at radius 1 is 1.42 bits per heavy atom. The van der Waals surface area contributed by atoms with Gasteiger partial charge in [-0.15, -0.1) is 0 Å². The molecule has 2 atom stereocenters. The van der Waals surface area contributed by atoms with Gasteiger partial charge < -0.3 is 15.4 Å². The molecule has 2 heterocycles. The fraction of sp³-hybridized carbons (Fsp3) is 0.556. The Kier molecular flexibility index (Phi) is 5.35. The van der Waals surface area contributed by atoms with E-state index in [9.17, 15) is 9.59 Å². The molecule has 6 heteroatoms. The number of carbonyl (C=O) groups is 2. The molecular formula is C18H25N3O3. The van der Waals surface area contributed by atoms with Crippen molar-refractivity contribution in [3.8, 4) is 5.75 Å². The summed E-state index contributed by atoms with van der Waals surface area (Å²) in [5.74, 6) is 0.965. The predicted molar refractivity (Wildman–Crippen MR) is 92.1 cm³/mol. The van der Waals surface area contributed by atoms with Crippen LogP contribution in [0.4, 0.5) is 5.69 Å². The van der Waals surface area contributed by atoms with Crippen molar-refractivity contribution in [3.05, 3.63) is 24.3 Å². The van der Waals surface area contributed by atoms with Gasteiger partial charge in [-0.25, -0.2) is 0 Å². The van der Waals surface area contributed by atoms with Crippen LogP contribution in [0.1, 0.15) is 26.2 Å². The zero-order valence-corrected chi connectivity index (χ0v) is 14.1. The van der Waals surface area contributed by atoms with Crippen molar-refractivity contribution in [2.24, 2.45) is 5.92 Å². The molecule has 2 aliphatic heterocycles. The standard InChI is InChI=1S/C18H25N3O3/c1-13-18(23)21(15-6-2-3-7-16(15)24-13)12-17(22)20-10-8-14-5-4-9-19-11-14/h2-3,6-7,13-14,19H,4-5,8-12H2,1H3,(H,20,22). The van der Waals surface area contributed by atoms with Crippen LogP contribution in [-0.2, 0) is 9.59 Å². The number of rotatable bonds is 5. The topological polar surface area (TPSA) is 70.7 Å². The number of anilines is 1. The van der Waals surface area contributed by atoms with Crippen LogP contribution in [0.2, 0.25) is 0 Å². The van der Waals surface area contributed by atoms with Crippen molar-refractivity contribution in [3.63, 3.8) is 0 Å². The van der Waals surface area contributed by atoms with Crippen LogP contribution in [-0.4, -0.2) is 44.1 Å². The van der Waals surface area contributed by atoms with Crippen LogP contribution in [0.5, 0.6) is 5.75 Å². The Balaban J connectivity index is 1.54. The van der Waals surface area contributed by atoms with E-state index in [-0.39, 0.29) is 18.4 Å². The van der Waals surface area contributed by atoms with E-state index in [1.165, 1.54) is 17.7 Å². The first-order valence-electron chi connectivity index (χ1n) is 8.69. The summed E-state index contributed by atoms with van der Waals surface area (Å²) in [5, 5.41) is 6.32. The molecule has 0 saturated carbocycles. The minimum Gasteiger partial charge on any atom is -0.479 e. The number of amides is 2. The summed E-state index contributed by atoms with van der Waals surface area (Å²) in [6.45, 7) is 4.52. The zero-order valence-electron chi connectivity index (χ0n) is 14.1. The molecule has 2 amide bonds. The van der Waals surface area contributed by atoms with Crippen LogP contribution in [0.3, 0.4) is 0 Å². The molecule has 2 unspecified atom stereocenters. The van der Waals surface area contributed by atoms with Crippen molar-refractivity contribution >= 4 is 17.5 Å². The van der Waals surface area contributed by atoms with Gasteiger partial charge in [0, 0.05) is 6.54 Å². The number of ether oxygens (including phenoxy) is 1. The average molecular weight is 331 g/mol. The fourth-order valence-corrected chi connectivity index (χ4v) is 3.31. The number of piperidine rings is 1. The van der Waals surface area contributed by atoms with E-state index < -0.39 is 6.10 Å². The van der Waals surface area contributed by atoms with Gasteiger partial charge >= 0.3 is 0 Å². The third-order valence-corrected chi connectivity index (χ3v) is 4.65. The van der Waals surface area contributed by atoms with Crippen molar-refractivity contribution in [1.29, 1.82) is 0 Å². The van der Waals surface area contributed by atoms with E-state index in [4.69, 9.17) is 4.74 Å². The van der Waals surface area contributed by atoms with E-state index >= 15 is 0 Å². The van der Waals surface area contributed by atoms with Gasteiger partial charge in [0.15, 0.2) is 6.10 Å². The molecule has 1 aromatic carbocycles. The third-order valence-electron chi connectivity index (χ3n) is 4.65. The Labute approximate surface area is 142 Å². The molecule has 0 bridgehead atoms. The summed E-state index contributed by atoms with van der Waals surface area (Å²) >= 11 is 0. The molecular weight excluding hydrogens is 306 g/mol. The summed E-state index contributed by atoms with van der Waals surface area (Å²) in [5.41, 5.74) is 0.659. The van der Waals surface area contributed by atoms with Gasteiger partial charge in [0.1, 0.15) is 12.3 Å².